The molecule has 1 N–H and O–H groups in total. The molecular formula is C23H22N4O2S. The van der Waals surface area contributed by atoms with Gasteiger partial charge in [0.25, 0.3) is 5.19 Å². The average molecular weight is 419 g/mol. The van der Waals surface area contributed by atoms with Gasteiger partial charge in [-0.3, -0.25) is 9.69 Å². The highest BCUT2D eigenvalue weighted by Gasteiger charge is 2.44. The highest BCUT2D eigenvalue weighted by molar-refractivity contribution is 7.20. The van der Waals surface area contributed by atoms with E-state index in [4.69, 9.17) is 4.74 Å². The average Bonchev–Trinajstić information content (AvgIpc) is 3.50. The fourth-order valence-corrected chi connectivity index (χ4v) is 5.74. The van der Waals surface area contributed by atoms with Crippen LogP contribution in [0.2, 0.25) is 0 Å². The van der Waals surface area contributed by atoms with Crippen LogP contribution in [0.5, 0.6) is 10.9 Å². The van der Waals surface area contributed by atoms with E-state index in [0.717, 1.165) is 47.5 Å². The van der Waals surface area contributed by atoms with Gasteiger partial charge in [-0.25, -0.2) is 4.98 Å². The number of rotatable bonds is 4. The zero-order valence-corrected chi connectivity index (χ0v) is 17.5. The predicted molar refractivity (Wildman–Crippen MR) is 118 cm³/mol. The smallest absolute Gasteiger partial charge is 0.279 e. The number of aromatic nitrogens is 2. The van der Waals surface area contributed by atoms with Crippen molar-refractivity contribution >= 4 is 38.4 Å². The summed E-state index contributed by atoms with van der Waals surface area (Å²) >= 11 is 1.55. The van der Waals surface area contributed by atoms with E-state index < -0.39 is 0 Å². The molecule has 2 bridgehead atoms. The third-order valence-corrected chi connectivity index (χ3v) is 7.26. The molecule has 0 unspecified atom stereocenters. The number of nitrogens with zero attached hydrogens (tertiary/aromatic N) is 3. The zero-order chi connectivity index (χ0) is 20.2. The molecule has 0 spiro atoms. The van der Waals surface area contributed by atoms with Gasteiger partial charge >= 0.3 is 0 Å². The first-order valence-electron chi connectivity index (χ1n) is 10.3. The number of likely N-dealkylation sites (tertiary alicyclic amines) is 2. The zero-order valence-electron chi connectivity index (χ0n) is 16.7. The van der Waals surface area contributed by atoms with Crippen LogP contribution in [0, 0.1) is 0 Å². The van der Waals surface area contributed by atoms with Crippen LogP contribution in [0.3, 0.4) is 0 Å². The Morgan fingerprint density at radius 1 is 1.23 bits per heavy atom. The fourth-order valence-electron chi connectivity index (χ4n) is 4.90. The minimum atomic E-state index is 0.204. The van der Waals surface area contributed by atoms with Crippen LogP contribution in [0.15, 0.2) is 48.7 Å². The van der Waals surface area contributed by atoms with Crippen molar-refractivity contribution in [3.05, 3.63) is 54.2 Å². The Labute approximate surface area is 178 Å². The van der Waals surface area contributed by atoms with Crippen LogP contribution < -0.4 is 4.74 Å². The standard InChI is InChI=1S/C23H22N4O2S/c1-14(28)27-13-16-8-17(27)12-26(16)11-15-10-24-21-9-18(6-7-19(15)21)29-23-25-20-4-2-3-5-22(20)30-23/h2-7,9-10,16-17,24H,8,11-13H2,1H3/t16-,17-/m0/s1. The van der Waals surface area contributed by atoms with Gasteiger partial charge in [-0.1, -0.05) is 23.5 Å². The molecule has 152 valence electrons. The summed E-state index contributed by atoms with van der Waals surface area (Å²) in [4.78, 5) is 24.2. The number of thiazole rings is 1. The fraction of sp³-hybridized carbons (Fsp3) is 0.304. The normalized spacial score (nSPS) is 21.2. The Kier molecular flexibility index (Phi) is 4.07. The quantitative estimate of drug-likeness (QED) is 0.534. The molecule has 6 rings (SSSR count). The maximum Gasteiger partial charge on any atom is 0.279 e. The van der Waals surface area contributed by atoms with E-state index in [1.54, 1.807) is 18.3 Å². The summed E-state index contributed by atoms with van der Waals surface area (Å²) in [6, 6.07) is 15.1. The second kappa shape index (κ2) is 6.82. The predicted octanol–water partition coefficient (Wildman–Crippen LogP) is 4.37. The molecule has 2 aliphatic heterocycles. The number of benzene rings is 2. The number of carbonyl (C=O) groups is 1. The molecule has 30 heavy (non-hydrogen) atoms. The topological polar surface area (TPSA) is 61.5 Å². The van der Waals surface area contributed by atoms with Gasteiger partial charge in [0.05, 0.1) is 10.2 Å². The molecule has 2 aromatic heterocycles. The van der Waals surface area contributed by atoms with Crippen molar-refractivity contribution in [3.8, 4) is 10.9 Å². The number of H-pyrrole nitrogens is 1. The van der Waals surface area contributed by atoms with Crippen molar-refractivity contribution in [2.45, 2.75) is 32.0 Å². The van der Waals surface area contributed by atoms with E-state index in [1.165, 1.54) is 10.9 Å². The lowest BCUT2D eigenvalue weighted by molar-refractivity contribution is -0.131. The van der Waals surface area contributed by atoms with Crippen molar-refractivity contribution in [3.63, 3.8) is 0 Å². The Morgan fingerprint density at radius 3 is 2.93 bits per heavy atom. The maximum atomic E-state index is 11.7. The Hall–Kier alpha value is -2.90. The monoisotopic (exact) mass is 418 g/mol. The van der Waals surface area contributed by atoms with Crippen LogP contribution in [0.1, 0.15) is 18.9 Å². The van der Waals surface area contributed by atoms with E-state index in [9.17, 15) is 4.79 Å². The number of aromatic amines is 1. The lowest BCUT2D eigenvalue weighted by Gasteiger charge is -2.33. The number of carbonyl (C=O) groups excluding carboxylic acids is 1. The summed E-state index contributed by atoms with van der Waals surface area (Å²) in [6.45, 7) is 4.42. The van der Waals surface area contributed by atoms with Gasteiger partial charge in [0.1, 0.15) is 5.75 Å². The minimum Gasteiger partial charge on any atom is -0.431 e. The number of piperazine rings is 1. The van der Waals surface area contributed by atoms with Crippen LogP contribution in [-0.2, 0) is 11.3 Å². The summed E-state index contributed by atoms with van der Waals surface area (Å²) in [5, 5.41) is 1.88. The first kappa shape index (κ1) is 17.9. The first-order chi connectivity index (χ1) is 14.6. The van der Waals surface area contributed by atoms with Gasteiger partial charge < -0.3 is 14.6 Å². The highest BCUT2D eigenvalue weighted by Crippen LogP contribution is 2.35. The number of hydrogen-bond donors (Lipinski definition) is 1. The number of fused-ring (bicyclic) bond motifs is 4. The van der Waals surface area contributed by atoms with E-state index >= 15 is 0 Å². The first-order valence-corrected chi connectivity index (χ1v) is 11.1. The molecule has 6 nitrogen and oxygen atoms in total. The number of nitrogens with one attached hydrogen (secondary N) is 1. The maximum absolute atomic E-state index is 11.7. The molecule has 2 atom stereocenters. The summed E-state index contributed by atoms with van der Waals surface area (Å²) in [5.74, 6) is 0.988. The number of amides is 1. The summed E-state index contributed by atoms with van der Waals surface area (Å²) in [6.07, 6.45) is 3.20. The van der Waals surface area contributed by atoms with Gasteiger partial charge in [-0.2, -0.15) is 0 Å². The van der Waals surface area contributed by atoms with E-state index in [-0.39, 0.29) is 5.91 Å². The summed E-state index contributed by atoms with van der Waals surface area (Å²) in [7, 11) is 0. The molecular weight excluding hydrogens is 396 g/mol. The van der Waals surface area contributed by atoms with Crippen molar-refractivity contribution in [2.75, 3.05) is 13.1 Å². The van der Waals surface area contributed by atoms with Crippen LogP contribution >= 0.6 is 11.3 Å². The summed E-state index contributed by atoms with van der Waals surface area (Å²) in [5.41, 5.74) is 3.32. The molecule has 1 amide bonds. The lowest BCUT2D eigenvalue weighted by Crippen LogP contribution is -2.47. The van der Waals surface area contributed by atoms with E-state index in [0.29, 0.717) is 17.3 Å². The van der Waals surface area contributed by atoms with Gasteiger partial charge in [-0.15, -0.1) is 0 Å². The Morgan fingerprint density at radius 2 is 2.13 bits per heavy atom. The second-order valence-corrected chi connectivity index (χ2v) is 9.21. The largest absolute Gasteiger partial charge is 0.431 e. The number of para-hydroxylation sites is 1. The minimum absolute atomic E-state index is 0.204. The second-order valence-electron chi connectivity index (χ2n) is 8.22. The molecule has 4 aromatic rings. The van der Waals surface area contributed by atoms with Crippen molar-refractivity contribution in [1.29, 1.82) is 0 Å². The van der Waals surface area contributed by atoms with Crippen LogP contribution in [-0.4, -0.2) is 50.8 Å². The van der Waals surface area contributed by atoms with E-state index in [2.05, 4.69) is 33.2 Å². The third kappa shape index (κ3) is 2.97. The number of ether oxygens (including phenoxy) is 1. The van der Waals surface area contributed by atoms with E-state index in [1.807, 2.05) is 35.2 Å². The van der Waals surface area contributed by atoms with Crippen molar-refractivity contribution < 1.29 is 9.53 Å². The number of hydrogen-bond acceptors (Lipinski definition) is 5. The molecule has 2 aliphatic rings. The highest BCUT2D eigenvalue weighted by atomic mass is 32.1. The van der Waals surface area contributed by atoms with Crippen molar-refractivity contribution in [2.24, 2.45) is 0 Å². The molecule has 0 saturated carbocycles. The molecule has 2 saturated heterocycles. The SMILES string of the molecule is CC(=O)N1C[C@@H]2C[C@H]1CN2Cc1c[nH]c2cc(Oc3nc4ccccc4s3)ccc12. The van der Waals surface area contributed by atoms with Gasteiger partial charge in [0.2, 0.25) is 5.91 Å². The molecule has 0 aliphatic carbocycles. The third-order valence-electron chi connectivity index (χ3n) is 6.35. The van der Waals surface area contributed by atoms with Crippen LogP contribution in [0.25, 0.3) is 21.1 Å². The Balaban J connectivity index is 1.20. The molecule has 0 radical (unpaired) electrons. The lowest BCUT2D eigenvalue weighted by atomic mass is 10.1. The Bertz CT molecular complexity index is 1230. The van der Waals surface area contributed by atoms with Crippen LogP contribution in [0.4, 0.5) is 0 Å². The van der Waals surface area contributed by atoms with Gasteiger partial charge in [-0.05, 0) is 36.2 Å². The molecule has 7 heteroatoms. The van der Waals surface area contributed by atoms with Crippen molar-refractivity contribution in [1.82, 2.24) is 19.8 Å². The molecule has 4 heterocycles. The van der Waals surface area contributed by atoms with Gasteiger partial charge in [0.15, 0.2) is 0 Å². The van der Waals surface area contributed by atoms with Gasteiger partial charge in [0, 0.05) is 61.8 Å². The molecule has 2 aromatic carbocycles. The summed E-state index contributed by atoms with van der Waals surface area (Å²) < 4.78 is 7.15. The molecule has 2 fully saturated rings.